The van der Waals surface area contributed by atoms with E-state index < -0.39 is 0 Å². The molecule has 0 spiro atoms. The van der Waals surface area contributed by atoms with Gasteiger partial charge in [0.05, 0.1) is 6.10 Å². The largest absolute Gasteiger partial charge is 0.393 e. The minimum Gasteiger partial charge on any atom is -0.393 e. The second-order valence-corrected chi connectivity index (χ2v) is 4.77. The van der Waals surface area contributed by atoms with Gasteiger partial charge in [-0.15, -0.1) is 0 Å². The number of piperidine rings is 1. The van der Waals surface area contributed by atoms with Crippen LogP contribution in [0.2, 0.25) is 0 Å². The fourth-order valence-electron chi connectivity index (χ4n) is 2.13. The maximum atomic E-state index is 9.43. The molecule has 0 aromatic carbocycles. The van der Waals surface area contributed by atoms with Gasteiger partial charge in [0.1, 0.15) is 0 Å². The number of rotatable bonds is 3. The van der Waals surface area contributed by atoms with Gasteiger partial charge in [0.25, 0.3) is 0 Å². The molecule has 0 aromatic rings. The lowest BCUT2D eigenvalue weighted by molar-refractivity contribution is 0.0682. The molecule has 78 valence electrons. The summed E-state index contributed by atoms with van der Waals surface area (Å²) in [6.45, 7) is 10.0. The molecule has 1 aliphatic rings. The zero-order valence-electron chi connectivity index (χ0n) is 9.16. The first kappa shape index (κ1) is 11.0. The maximum absolute atomic E-state index is 9.43. The lowest BCUT2D eigenvalue weighted by atomic mass is 9.92. The van der Waals surface area contributed by atoms with E-state index in [4.69, 9.17) is 0 Å². The Kier molecular flexibility index (Phi) is 4.20. The van der Waals surface area contributed by atoms with Gasteiger partial charge in [-0.3, -0.25) is 0 Å². The Morgan fingerprint density at radius 1 is 1.23 bits per heavy atom. The van der Waals surface area contributed by atoms with E-state index in [9.17, 15) is 5.11 Å². The van der Waals surface area contributed by atoms with Gasteiger partial charge in [0.2, 0.25) is 0 Å². The van der Waals surface area contributed by atoms with E-state index in [1.54, 1.807) is 0 Å². The van der Waals surface area contributed by atoms with Crippen molar-refractivity contribution in [3.63, 3.8) is 0 Å². The van der Waals surface area contributed by atoms with E-state index in [0.29, 0.717) is 5.92 Å². The highest BCUT2D eigenvalue weighted by atomic mass is 16.3. The van der Waals surface area contributed by atoms with Crippen molar-refractivity contribution < 1.29 is 5.11 Å². The molecule has 0 aliphatic carbocycles. The second-order valence-electron chi connectivity index (χ2n) is 4.77. The molecule has 1 unspecified atom stereocenters. The van der Waals surface area contributed by atoms with Crippen molar-refractivity contribution in [2.75, 3.05) is 19.6 Å². The molecule has 1 N–H and O–H groups in total. The van der Waals surface area contributed by atoms with Crippen molar-refractivity contribution in [3.8, 4) is 0 Å². The number of aliphatic hydroxyl groups excluding tert-OH is 1. The van der Waals surface area contributed by atoms with Crippen LogP contribution < -0.4 is 0 Å². The minimum atomic E-state index is -0.110. The number of aliphatic hydroxyl groups is 1. The third-order valence-electron chi connectivity index (χ3n) is 2.94. The molecular weight excluding hydrogens is 162 g/mol. The molecule has 1 saturated heterocycles. The summed E-state index contributed by atoms with van der Waals surface area (Å²) in [5.41, 5.74) is 0. The Hall–Kier alpha value is -0.0800. The van der Waals surface area contributed by atoms with Gasteiger partial charge in [-0.25, -0.2) is 0 Å². The van der Waals surface area contributed by atoms with Gasteiger partial charge in [0, 0.05) is 6.54 Å². The lowest BCUT2D eigenvalue weighted by Gasteiger charge is -2.34. The number of hydrogen-bond acceptors (Lipinski definition) is 2. The number of likely N-dealkylation sites (tertiary alicyclic amines) is 1. The number of hydrogen-bond donors (Lipinski definition) is 1. The van der Waals surface area contributed by atoms with Crippen molar-refractivity contribution in [3.05, 3.63) is 0 Å². The minimum absolute atomic E-state index is 0.110. The van der Waals surface area contributed by atoms with Crippen LogP contribution >= 0.6 is 0 Å². The summed E-state index contributed by atoms with van der Waals surface area (Å²) in [5.74, 6) is 1.31. The molecular formula is C11H23NO. The molecule has 1 rings (SSSR count). The molecule has 1 heterocycles. The molecule has 13 heavy (non-hydrogen) atoms. The van der Waals surface area contributed by atoms with Crippen LogP contribution in [0.15, 0.2) is 0 Å². The van der Waals surface area contributed by atoms with Gasteiger partial charge >= 0.3 is 0 Å². The summed E-state index contributed by atoms with van der Waals surface area (Å²) in [4.78, 5) is 2.52. The summed E-state index contributed by atoms with van der Waals surface area (Å²) in [5, 5.41) is 9.43. The average molecular weight is 185 g/mol. The summed E-state index contributed by atoms with van der Waals surface area (Å²) >= 11 is 0. The highest BCUT2D eigenvalue weighted by molar-refractivity contribution is 4.75. The Bertz CT molecular complexity index is 137. The van der Waals surface area contributed by atoms with Crippen LogP contribution in [-0.2, 0) is 0 Å². The van der Waals surface area contributed by atoms with Gasteiger partial charge in [0.15, 0.2) is 0 Å². The van der Waals surface area contributed by atoms with E-state index >= 15 is 0 Å². The average Bonchev–Trinajstić information content (AvgIpc) is 2.04. The standard InChI is InChI=1S/C11H23NO/c1-9(2)8-12-6-4-11(5-7-12)10(3)13/h9-11,13H,4-8H2,1-3H3. The molecule has 0 aromatic heterocycles. The normalized spacial score (nSPS) is 23.8. The molecule has 0 radical (unpaired) electrons. The number of nitrogens with zero attached hydrogens (tertiary/aromatic N) is 1. The molecule has 2 heteroatoms. The molecule has 1 fully saturated rings. The summed E-state index contributed by atoms with van der Waals surface area (Å²) in [6, 6.07) is 0. The summed E-state index contributed by atoms with van der Waals surface area (Å²) in [7, 11) is 0. The summed E-state index contributed by atoms with van der Waals surface area (Å²) < 4.78 is 0. The zero-order valence-corrected chi connectivity index (χ0v) is 9.16. The smallest absolute Gasteiger partial charge is 0.0541 e. The predicted molar refractivity (Wildman–Crippen MR) is 55.7 cm³/mol. The Morgan fingerprint density at radius 3 is 2.15 bits per heavy atom. The van der Waals surface area contributed by atoms with Gasteiger partial charge < -0.3 is 10.0 Å². The van der Waals surface area contributed by atoms with Crippen LogP contribution in [0.3, 0.4) is 0 Å². The fraction of sp³-hybridized carbons (Fsp3) is 1.00. The molecule has 0 bridgehead atoms. The molecule has 0 saturated carbocycles. The monoisotopic (exact) mass is 185 g/mol. The SMILES string of the molecule is CC(C)CN1CCC(C(C)O)CC1. The topological polar surface area (TPSA) is 23.5 Å². The second kappa shape index (κ2) is 4.97. The molecule has 0 amide bonds. The highest BCUT2D eigenvalue weighted by Gasteiger charge is 2.22. The van der Waals surface area contributed by atoms with Crippen LogP contribution in [-0.4, -0.2) is 35.7 Å². The van der Waals surface area contributed by atoms with E-state index in [0.717, 1.165) is 5.92 Å². The first-order chi connectivity index (χ1) is 6.09. The summed E-state index contributed by atoms with van der Waals surface area (Å²) in [6.07, 6.45) is 2.23. The Labute approximate surface area is 81.9 Å². The van der Waals surface area contributed by atoms with Crippen LogP contribution in [0.5, 0.6) is 0 Å². The van der Waals surface area contributed by atoms with Crippen LogP contribution in [0, 0.1) is 11.8 Å². The maximum Gasteiger partial charge on any atom is 0.0541 e. The van der Waals surface area contributed by atoms with Crippen molar-refractivity contribution in [2.24, 2.45) is 11.8 Å². The first-order valence-electron chi connectivity index (χ1n) is 5.50. The molecule has 2 nitrogen and oxygen atoms in total. The first-order valence-corrected chi connectivity index (χ1v) is 5.50. The molecule has 1 atom stereocenters. The zero-order chi connectivity index (χ0) is 9.84. The van der Waals surface area contributed by atoms with Gasteiger partial charge in [-0.1, -0.05) is 13.8 Å². The van der Waals surface area contributed by atoms with E-state index in [2.05, 4.69) is 18.7 Å². The van der Waals surface area contributed by atoms with Crippen molar-refractivity contribution in [1.82, 2.24) is 4.90 Å². The lowest BCUT2D eigenvalue weighted by Crippen LogP contribution is -2.38. The predicted octanol–water partition coefficient (Wildman–Crippen LogP) is 1.74. The van der Waals surface area contributed by atoms with Gasteiger partial charge in [-0.2, -0.15) is 0 Å². The highest BCUT2D eigenvalue weighted by Crippen LogP contribution is 2.20. The van der Waals surface area contributed by atoms with E-state index in [1.165, 1.54) is 32.5 Å². The fourth-order valence-corrected chi connectivity index (χ4v) is 2.13. The van der Waals surface area contributed by atoms with E-state index in [-0.39, 0.29) is 6.10 Å². The molecule has 1 aliphatic heterocycles. The quantitative estimate of drug-likeness (QED) is 0.724. The Morgan fingerprint density at radius 2 is 1.77 bits per heavy atom. The third-order valence-corrected chi connectivity index (χ3v) is 2.94. The van der Waals surface area contributed by atoms with Crippen LogP contribution in [0.4, 0.5) is 0 Å². The van der Waals surface area contributed by atoms with Crippen molar-refractivity contribution in [1.29, 1.82) is 0 Å². The van der Waals surface area contributed by atoms with Gasteiger partial charge in [-0.05, 0) is 44.7 Å². The Balaban J connectivity index is 2.22. The van der Waals surface area contributed by atoms with Crippen molar-refractivity contribution in [2.45, 2.75) is 39.7 Å². The third kappa shape index (κ3) is 3.65. The van der Waals surface area contributed by atoms with Crippen molar-refractivity contribution >= 4 is 0 Å². The van der Waals surface area contributed by atoms with Crippen LogP contribution in [0.25, 0.3) is 0 Å². The van der Waals surface area contributed by atoms with E-state index in [1.807, 2.05) is 6.92 Å². The van der Waals surface area contributed by atoms with Crippen LogP contribution in [0.1, 0.15) is 33.6 Å².